The summed E-state index contributed by atoms with van der Waals surface area (Å²) >= 11 is 0. The number of hydrogen-bond acceptors (Lipinski definition) is 4. The van der Waals surface area contributed by atoms with Crippen LogP contribution >= 0.6 is 0 Å². The standard InChI is InChI=1S/C13H14FNO3/c1-8-6-9(14)12(18-2)11(17)10(8)13(15-7-16)4-3-5-13/h6,17H,3-5H2,1-2H3. The van der Waals surface area contributed by atoms with Crippen molar-refractivity contribution in [1.29, 1.82) is 0 Å². The molecule has 0 bridgehead atoms. The highest BCUT2D eigenvalue weighted by molar-refractivity contribution is 5.55. The molecule has 96 valence electrons. The summed E-state index contributed by atoms with van der Waals surface area (Å²) in [5, 5.41) is 10.1. The van der Waals surface area contributed by atoms with Gasteiger partial charge < -0.3 is 9.84 Å². The van der Waals surface area contributed by atoms with Crippen LogP contribution in [0.4, 0.5) is 4.39 Å². The second-order valence-corrected chi connectivity index (χ2v) is 4.52. The third kappa shape index (κ3) is 1.68. The monoisotopic (exact) mass is 251 g/mol. The van der Waals surface area contributed by atoms with E-state index in [-0.39, 0.29) is 11.5 Å². The highest BCUT2D eigenvalue weighted by Gasteiger charge is 2.43. The minimum atomic E-state index is -0.767. The van der Waals surface area contributed by atoms with Crippen LogP contribution in [0.3, 0.4) is 0 Å². The van der Waals surface area contributed by atoms with E-state index in [2.05, 4.69) is 4.99 Å². The predicted octanol–water partition coefficient (Wildman–Crippen LogP) is 2.56. The molecule has 2 rings (SSSR count). The Balaban J connectivity index is 2.67. The number of ether oxygens (including phenoxy) is 1. The van der Waals surface area contributed by atoms with Crippen LogP contribution in [0.25, 0.3) is 0 Å². The summed E-state index contributed by atoms with van der Waals surface area (Å²) in [6.07, 6.45) is 3.74. The molecule has 0 saturated heterocycles. The SMILES string of the molecule is COc1c(F)cc(C)c(C2(N=C=O)CCC2)c1O. The summed E-state index contributed by atoms with van der Waals surface area (Å²) in [6, 6.07) is 1.29. The number of halogens is 1. The van der Waals surface area contributed by atoms with Gasteiger partial charge in [0.25, 0.3) is 0 Å². The fourth-order valence-corrected chi connectivity index (χ4v) is 2.54. The lowest BCUT2D eigenvalue weighted by Crippen LogP contribution is -2.33. The number of hydrogen-bond donors (Lipinski definition) is 1. The number of phenolic OH excluding ortho intramolecular Hbond substituents is 1. The van der Waals surface area contributed by atoms with E-state index in [1.54, 1.807) is 13.0 Å². The van der Waals surface area contributed by atoms with Gasteiger partial charge in [-0.05, 0) is 37.8 Å². The molecule has 1 aliphatic rings. The molecule has 0 amide bonds. The van der Waals surface area contributed by atoms with Crippen LogP contribution in [-0.2, 0) is 10.3 Å². The minimum Gasteiger partial charge on any atom is -0.504 e. The van der Waals surface area contributed by atoms with E-state index in [0.717, 1.165) is 6.42 Å². The topological polar surface area (TPSA) is 58.9 Å². The maximum absolute atomic E-state index is 13.6. The molecule has 0 radical (unpaired) electrons. The quantitative estimate of drug-likeness (QED) is 0.663. The van der Waals surface area contributed by atoms with Crippen LogP contribution in [0.5, 0.6) is 11.5 Å². The largest absolute Gasteiger partial charge is 0.504 e. The van der Waals surface area contributed by atoms with E-state index in [1.807, 2.05) is 0 Å². The van der Waals surface area contributed by atoms with E-state index < -0.39 is 11.4 Å². The van der Waals surface area contributed by atoms with Gasteiger partial charge in [0.1, 0.15) is 5.54 Å². The number of aryl methyl sites for hydroxylation is 1. The molecule has 1 N–H and O–H groups in total. The molecule has 1 fully saturated rings. The second-order valence-electron chi connectivity index (χ2n) is 4.52. The molecular formula is C13H14FNO3. The molecule has 5 heteroatoms. The van der Waals surface area contributed by atoms with E-state index in [1.165, 1.54) is 13.2 Å². The van der Waals surface area contributed by atoms with Gasteiger partial charge in [-0.3, -0.25) is 0 Å². The fraction of sp³-hybridized carbons (Fsp3) is 0.462. The Morgan fingerprint density at radius 2 is 2.22 bits per heavy atom. The Morgan fingerprint density at radius 1 is 1.56 bits per heavy atom. The number of carbonyl (C=O) groups excluding carboxylic acids is 1. The number of benzene rings is 1. The first kappa shape index (κ1) is 12.6. The first-order chi connectivity index (χ1) is 8.55. The molecule has 18 heavy (non-hydrogen) atoms. The first-order valence-electron chi connectivity index (χ1n) is 5.71. The van der Waals surface area contributed by atoms with Crippen molar-refractivity contribution in [3.05, 3.63) is 23.0 Å². The van der Waals surface area contributed by atoms with Crippen molar-refractivity contribution in [2.45, 2.75) is 31.7 Å². The molecule has 0 spiro atoms. The summed E-state index contributed by atoms with van der Waals surface area (Å²) < 4.78 is 18.4. The number of nitrogens with zero attached hydrogens (tertiary/aromatic N) is 1. The molecule has 1 aliphatic carbocycles. The van der Waals surface area contributed by atoms with Crippen molar-refractivity contribution >= 4 is 6.08 Å². The maximum Gasteiger partial charge on any atom is 0.235 e. The molecule has 0 heterocycles. The van der Waals surface area contributed by atoms with Gasteiger partial charge in [0.05, 0.1) is 7.11 Å². The van der Waals surface area contributed by atoms with E-state index in [9.17, 15) is 14.3 Å². The lowest BCUT2D eigenvalue weighted by molar-refractivity contribution is 0.242. The summed E-state index contributed by atoms with van der Waals surface area (Å²) in [5.74, 6) is -1.10. The molecule has 1 saturated carbocycles. The Bertz CT molecular complexity index is 532. The first-order valence-corrected chi connectivity index (χ1v) is 5.71. The highest BCUT2D eigenvalue weighted by Crippen LogP contribution is 2.51. The second kappa shape index (κ2) is 4.42. The van der Waals surface area contributed by atoms with Gasteiger partial charge in [-0.15, -0.1) is 0 Å². The third-order valence-electron chi connectivity index (χ3n) is 3.52. The highest BCUT2D eigenvalue weighted by atomic mass is 19.1. The van der Waals surface area contributed by atoms with Gasteiger partial charge in [0.2, 0.25) is 6.08 Å². The predicted molar refractivity (Wildman–Crippen MR) is 63.0 cm³/mol. The van der Waals surface area contributed by atoms with Gasteiger partial charge in [-0.2, -0.15) is 4.99 Å². The Kier molecular flexibility index (Phi) is 3.09. The van der Waals surface area contributed by atoms with Crippen molar-refractivity contribution in [3.63, 3.8) is 0 Å². The van der Waals surface area contributed by atoms with Gasteiger partial charge in [0.15, 0.2) is 17.3 Å². The Labute approximate surface area is 104 Å². The third-order valence-corrected chi connectivity index (χ3v) is 3.52. The smallest absolute Gasteiger partial charge is 0.235 e. The van der Waals surface area contributed by atoms with Crippen LogP contribution in [0.15, 0.2) is 11.1 Å². The summed E-state index contributed by atoms with van der Waals surface area (Å²) in [4.78, 5) is 14.4. The van der Waals surface area contributed by atoms with Gasteiger partial charge >= 0.3 is 0 Å². The Hall–Kier alpha value is -1.87. The normalized spacial score (nSPS) is 16.6. The van der Waals surface area contributed by atoms with Crippen LogP contribution in [-0.4, -0.2) is 18.3 Å². The van der Waals surface area contributed by atoms with Crippen molar-refractivity contribution in [1.82, 2.24) is 0 Å². The summed E-state index contributed by atoms with van der Waals surface area (Å²) in [5.41, 5.74) is 0.261. The van der Waals surface area contributed by atoms with Gasteiger partial charge in [-0.25, -0.2) is 9.18 Å². The molecule has 0 atom stereocenters. The molecular weight excluding hydrogens is 237 g/mol. The number of aromatic hydroxyl groups is 1. The maximum atomic E-state index is 13.6. The number of methoxy groups -OCH3 is 1. The van der Waals surface area contributed by atoms with E-state index in [4.69, 9.17) is 4.74 Å². The molecule has 1 aromatic carbocycles. The fourth-order valence-electron chi connectivity index (χ4n) is 2.54. The molecule has 0 aliphatic heterocycles. The average molecular weight is 251 g/mol. The van der Waals surface area contributed by atoms with Gasteiger partial charge in [-0.1, -0.05) is 0 Å². The van der Waals surface area contributed by atoms with Crippen molar-refractivity contribution in [2.75, 3.05) is 7.11 Å². The van der Waals surface area contributed by atoms with Gasteiger partial charge in [0, 0.05) is 5.56 Å². The average Bonchev–Trinajstić information content (AvgIpc) is 2.25. The van der Waals surface area contributed by atoms with E-state index in [0.29, 0.717) is 24.0 Å². The van der Waals surface area contributed by atoms with Crippen LogP contribution in [0, 0.1) is 12.7 Å². The molecule has 0 unspecified atom stereocenters. The van der Waals surface area contributed by atoms with Crippen molar-refractivity contribution < 1.29 is 19.0 Å². The van der Waals surface area contributed by atoms with Crippen molar-refractivity contribution in [2.24, 2.45) is 4.99 Å². The summed E-state index contributed by atoms with van der Waals surface area (Å²) in [7, 11) is 1.29. The summed E-state index contributed by atoms with van der Waals surface area (Å²) in [6.45, 7) is 1.68. The Morgan fingerprint density at radius 3 is 2.67 bits per heavy atom. The zero-order valence-corrected chi connectivity index (χ0v) is 10.3. The minimum absolute atomic E-state index is 0.206. The zero-order valence-electron chi connectivity index (χ0n) is 10.3. The number of rotatable bonds is 3. The van der Waals surface area contributed by atoms with Crippen LogP contribution in [0.2, 0.25) is 0 Å². The number of isocyanates is 1. The molecule has 4 nitrogen and oxygen atoms in total. The zero-order chi connectivity index (χ0) is 13.3. The van der Waals surface area contributed by atoms with Crippen LogP contribution < -0.4 is 4.74 Å². The van der Waals surface area contributed by atoms with Crippen LogP contribution in [0.1, 0.15) is 30.4 Å². The number of aliphatic imine (C=N–C) groups is 1. The number of phenols is 1. The van der Waals surface area contributed by atoms with Crippen molar-refractivity contribution in [3.8, 4) is 11.5 Å². The molecule has 0 aromatic heterocycles. The molecule has 1 aromatic rings. The lowest BCUT2D eigenvalue weighted by atomic mass is 9.70. The lowest BCUT2D eigenvalue weighted by Gasteiger charge is -2.38. The van der Waals surface area contributed by atoms with E-state index >= 15 is 0 Å².